The number of nitrogens with zero attached hydrogens (tertiary/aromatic N) is 1. The van der Waals surface area contributed by atoms with Crippen LogP contribution in [0.15, 0.2) is 42.0 Å². The molecular formula is C20H31NOSe. The summed E-state index contributed by atoms with van der Waals surface area (Å²) in [6.07, 6.45) is 11.0. The molecular weight excluding hydrogens is 349 g/mol. The van der Waals surface area contributed by atoms with E-state index in [0.717, 1.165) is 17.3 Å². The number of hydrogen-bond donors (Lipinski definition) is 0. The van der Waals surface area contributed by atoms with Crippen LogP contribution in [-0.2, 0) is 4.79 Å². The Labute approximate surface area is 148 Å². The average molecular weight is 380 g/mol. The minimum absolute atomic E-state index is 0.175. The fourth-order valence-electron chi connectivity index (χ4n) is 2.37. The van der Waals surface area contributed by atoms with E-state index in [2.05, 4.69) is 37.3 Å². The van der Waals surface area contributed by atoms with Crippen LogP contribution in [-0.4, -0.2) is 39.9 Å². The molecule has 0 fully saturated rings. The van der Waals surface area contributed by atoms with Gasteiger partial charge < -0.3 is 0 Å². The van der Waals surface area contributed by atoms with Gasteiger partial charge in [-0.05, 0) is 0 Å². The van der Waals surface area contributed by atoms with Crippen LogP contribution >= 0.6 is 0 Å². The third kappa shape index (κ3) is 8.98. The van der Waals surface area contributed by atoms with Gasteiger partial charge in [-0.25, -0.2) is 0 Å². The maximum absolute atomic E-state index is 12.3. The zero-order chi connectivity index (χ0) is 16.9. The molecule has 0 aliphatic heterocycles. The van der Waals surface area contributed by atoms with Gasteiger partial charge in [0.15, 0.2) is 0 Å². The molecule has 0 saturated heterocycles. The molecule has 2 nitrogen and oxygen atoms in total. The van der Waals surface area contributed by atoms with Crippen molar-refractivity contribution in [2.45, 2.75) is 57.2 Å². The SMILES string of the molecule is CCCCCCCC/C=C(\C[Se]c1ccccc1)C(=O)N(C)C. The fourth-order valence-corrected chi connectivity index (χ4v) is 4.29. The number of unbranched alkanes of at least 4 members (excludes halogenated alkanes) is 6. The predicted octanol–water partition coefficient (Wildman–Crippen LogP) is 4.20. The van der Waals surface area contributed by atoms with E-state index in [9.17, 15) is 4.79 Å². The zero-order valence-corrected chi connectivity index (χ0v) is 16.6. The predicted molar refractivity (Wildman–Crippen MR) is 101 cm³/mol. The number of likely N-dealkylation sites (N-methyl/N-ethyl adjacent to an activating group) is 1. The van der Waals surface area contributed by atoms with Crippen molar-refractivity contribution in [2.24, 2.45) is 0 Å². The van der Waals surface area contributed by atoms with Crippen molar-refractivity contribution < 1.29 is 4.79 Å². The summed E-state index contributed by atoms with van der Waals surface area (Å²) < 4.78 is 1.36. The minimum atomic E-state index is 0.175. The molecule has 0 bridgehead atoms. The summed E-state index contributed by atoms with van der Waals surface area (Å²) in [4.78, 5) is 14.0. The number of amides is 1. The first-order valence-electron chi connectivity index (χ1n) is 8.73. The van der Waals surface area contributed by atoms with Crippen molar-refractivity contribution >= 4 is 25.3 Å². The zero-order valence-electron chi connectivity index (χ0n) is 14.9. The normalized spacial score (nSPS) is 11.5. The van der Waals surface area contributed by atoms with Crippen LogP contribution in [0.1, 0.15) is 51.9 Å². The molecule has 0 heterocycles. The van der Waals surface area contributed by atoms with Crippen molar-refractivity contribution in [3.05, 3.63) is 42.0 Å². The second-order valence-electron chi connectivity index (χ2n) is 6.09. The second kappa shape index (κ2) is 12.4. The molecule has 128 valence electrons. The van der Waals surface area contributed by atoms with E-state index in [4.69, 9.17) is 0 Å². The van der Waals surface area contributed by atoms with Gasteiger partial charge in [0.25, 0.3) is 0 Å². The first-order chi connectivity index (χ1) is 11.1. The summed E-state index contributed by atoms with van der Waals surface area (Å²) >= 11 is 0.333. The van der Waals surface area contributed by atoms with Crippen LogP contribution in [0.3, 0.4) is 0 Å². The van der Waals surface area contributed by atoms with E-state index >= 15 is 0 Å². The molecule has 1 aromatic carbocycles. The van der Waals surface area contributed by atoms with Gasteiger partial charge in [0.2, 0.25) is 0 Å². The third-order valence-electron chi connectivity index (χ3n) is 3.77. The van der Waals surface area contributed by atoms with Crippen LogP contribution in [0.2, 0.25) is 5.32 Å². The topological polar surface area (TPSA) is 20.3 Å². The van der Waals surface area contributed by atoms with Crippen molar-refractivity contribution in [2.75, 3.05) is 14.1 Å². The van der Waals surface area contributed by atoms with Crippen molar-refractivity contribution in [3.63, 3.8) is 0 Å². The van der Waals surface area contributed by atoms with E-state index in [0.29, 0.717) is 15.0 Å². The van der Waals surface area contributed by atoms with E-state index < -0.39 is 0 Å². The number of carbonyl (C=O) groups excluding carboxylic acids is 1. The molecule has 1 amide bonds. The summed E-state index contributed by atoms with van der Waals surface area (Å²) in [6, 6.07) is 10.5. The van der Waals surface area contributed by atoms with Crippen LogP contribution in [0.25, 0.3) is 0 Å². The Kier molecular flexibility index (Phi) is 10.8. The number of carbonyl (C=O) groups is 1. The number of rotatable bonds is 11. The summed E-state index contributed by atoms with van der Waals surface area (Å²) in [5.41, 5.74) is 0.993. The van der Waals surface area contributed by atoms with Crippen LogP contribution < -0.4 is 4.46 Å². The van der Waals surface area contributed by atoms with E-state index in [1.165, 1.54) is 43.0 Å². The molecule has 3 heteroatoms. The van der Waals surface area contributed by atoms with Gasteiger partial charge in [0.05, 0.1) is 0 Å². The van der Waals surface area contributed by atoms with Gasteiger partial charge in [-0.3, -0.25) is 0 Å². The van der Waals surface area contributed by atoms with Crippen molar-refractivity contribution in [3.8, 4) is 0 Å². The monoisotopic (exact) mass is 381 g/mol. The van der Waals surface area contributed by atoms with E-state index in [1.807, 2.05) is 20.2 Å². The van der Waals surface area contributed by atoms with Gasteiger partial charge in [-0.15, -0.1) is 0 Å². The summed E-state index contributed by atoms with van der Waals surface area (Å²) in [5.74, 6) is 0.175. The molecule has 0 unspecified atom stereocenters. The first kappa shape index (κ1) is 20.0. The van der Waals surface area contributed by atoms with Gasteiger partial charge >= 0.3 is 148 Å². The van der Waals surface area contributed by atoms with Crippen LogP contribution in [0.5, 0.6) is 0 Å². The summed E-state index contributed by atoms with van der Waals surface area (Å²) in [6.45, 7) is 2.25. The average Bonchev–Trinajstić information content (AvgIpc) is 2.57. The number of allylic oxidation sites excluding steroid dienone is 1. The molecule has 0 N–H and O–H groups in total. The molecule has 0 spiro atoms. The first-order valence-corrected chi connectivity index (χ1v) is 10.8. The van der Waals surface area contributed by atoms with Gasteiger partial charge in [-0.1, -0.05) is 0 Å². The Morgan fingerprint density at radius 1 is 1.04 bits per heavy atom. The quantitative estimate of drug-likeness (QED) is 0.320. The maximum atomic E-state index is 12.3. The standard InChI is InChI=1S/C20H31NOSe/c1-4-5-6-7-8-9-11-14-18(20(22)21(2)3)17-23-19-15-12-10-13-16-19/h10,12-16H,4-9,11,17H2,1-3H3/b18-14+. The number of hydrogen-bond acceptors (Lipinski definition) is 1. The van der Waals surface area contributed by atoms with Gasteiger partial charge in [0.1, 0.15) is 0 Å². The Bertz CT molecular complexity index is 468. The Morgan fingerprint density at radius 3 is 2.35 bits per heavy atom. The van der Waals surface area contributed by atoms with Crippen LogP contribution in [0.4, 0.5) is 0 Å². The molecule has 1 aromatic rings. The second-order valence-corrected chi connectivity index (χ2v) is 8.29. The molecule has 0 aliphatic rings. The summed E-state index contributed by atoms with van der Waals surface area (Å²) in [5, 5.41) is 0.893. The molecule has 0 atom stereocenters. The molecule has 0 saturated carbocycles. The Hall–Kier alpha value is -1.05. The van der Waals surface area contributed by atoms with Gasteiger partial charge in [-0.2, -0.15) is 0 Å². The summed E-state index contributed by atoms with van der Waals surface area (Å²) in [7, 11) is 3.69. The van der Waals surface area contributed by atoms with Crippen molar-refractivity contribution in [1.29, 1.82) is 0 Å². The molecule has 0 aromatic heterocycles. The number of benzene rings is 1. The molecule has 0 aliphatic carbocycles. The third-order valence-corrected chi connectivity index (χ3v) is 5.99. The fraction of sp³-hybridized carbons (Fsp3) is 0.550. The van der Waals surface area contributed by atoms with Crippen molar-refractivity contribution in [1.82, 2.24) is 4.90 Å². The van der Waals surface area contributed by atoms with Gasteiger partial charge in [0, 0.05) is 0 Å². The van der Waals surface area contributed by atoms with Crippen LogP contribution in [0, 0.1) is 0 Å². The Morgan fingerprint density at radius 2 is 1.70 bits per heavy atom. The molecule has 1 rings (SSSR count). The van der Waals surface area contributed by atoms with E-state index in [-0.39, 0.29) is 5.91 Å². The Balaban J connectivity index is 2.45. The molecule has 23 heavy (non-hydrogen) atoms. The van der Waals surface area contributed by atoms with E-state index in [1.54, 1.807) is 4.90 Å². The molecule has 0 radical (unpaired) electrons.